The molecule has 0 radical (unpaired) electrons. The van der Waals surface area contributed by atoms with Crippen molar-refractivity contribution in [3.8, 4) is 5.69 Å². The number of benzene rings is 6. The highest BCUT2D eigenvalue weighted by atomic mass is 32.2. The summed E-state index contributed by atoms with van der Waals surface area (Å²) in [6, 6.07) is 50.8. The number of sulfone groups is 1. The molecule has 0 amide bonds. The first kappa shape index (κ1) is 23.9. The lowest BCUT2D eigenvalue weighted by Gasteiger charge is -2.41. The van der Waals surface area contributed by atoms with Crippen LogP contribution in [0.15, 0.2) is 161 Å². The molecule has 1 aliphatic heterocycles. The second-order valence-electron chi connectivity index (χ2n) is 10.5. The first-order valence-electron chi connectivity index (χ1n) is 13.7. The van der Waals surface area contributed by atoms with E-state index in [1.54, 1.807) is 12.1 Å². The molecule has 0 N–H and O–H groups in total. The van der Waals surface area contributed by atoms with Gasteiger partial charge in [-0.25, -0.2) is 8.42 Å². The first-order valence-corrected chi connectivity index (χ1v) is 15.2. The fraction of sp³-hybridized carbons (Fsp3) is 0.0270. The average Bonchev–Trinajstić information content (AvgIpc) is 3.36. The Kier molecular flexibility index (Phi) is 5.12. The van der Waals surface area contributed by atoms with Gasteiger partial charge in [0.15, 0.2) is 0 Å². The quantitative estimate of drug-likeness (QED) is 0.223. The molecule has 2 heterocycles. The van der Waals surface area contributed by atoms with E-state index >= 15 is 0 Å². The summed E-state index contributed by atoms with van der Waals surface area (Å²) < 4.78 is 30.3. The van der Waals surface area contributed by atoms with Gasteiger partial charge >= 0.3 is 0 Å². The third-order valence-corrected chi connectivity index (χ3v) is 10.4. The summed E-state index contributed by atoms with van der Waals surface area (Å²) >= 11 is 0. The van der Waals surface area contributed by atoms with Gasteiger partial charge in [-0.3, -0.25) is 0 Å². The lowest BCUT2D eigenvalue weighted by Crippen LogP contribution is -2.37. The summed E-state index contributed by atoms with van der Waals surface area (Å²) in [7, 11) is -3.70. The predicted molar refractivity (Wildman–Crippen MR) is 165 cm³/mol. The highest BCUT2D eigenvalue weighted by Crippen LogP contribution is 2.54. The molecule has 8 rings (SSSR count). The number of nitrogens with zero attached hydrogens (tertiary/aromatic N) is 1. The van der Waals surface area contributed by atoms with Gasteiger partial charge in [0.1, 0.15) is 0 Å². The number of para-hydroxylation sites is 2. The van der Waals surface area contributed by atoms with E-state index in [2.05, 4.69) is 83.4 Å². The van der Waals surface area contributed by atoms with Gasteiger partial charge in [0.25, 0.3) is 0 Å². The first-order chi connectivity index (χ1) is 20.1. The molecule has 7 aromatic rings. The number of rotatable bonds is 3. The van der Waals surface area contributed by atoms with Crippen LogP contribution in [0.1, 0.15) is 22.3 Å². The standard InChI is InChI=1S/C37H25NO2S/c39-41(40)35-21-11-8-18-31(35)37(26-13-3-1-4-14-26,32-19-9-12-22-36(32)41)27-23-24-34-30(25-27)29-17-7-10-20-33(29)38(34)28-15-5-2-6-16-28/h1-25H. The molecule has 3 nitrogen and oxygen atoms in total. The molecule has 0 saturated carbocycles. The van der Waals surface area contributed by atoms with Crippen molar-refractivity contribution >= 4 is 31.6 Å². The Labute approximate surface area is 238 Å². The molecule has 196 valence electrons. The van der Waals surface area contributed by atoms with Crippen LogP contribution in [0.5, 0.6) is 0 Å². The van der Waals surface area contributed by atoms with Gasteiger partial charge in [0, 0.05) is 16.5 Å². The van der Waals surface area contributed by atoms with Gasteiger partial charge in [-0.15, -0.1) is 0 Å². The highest BCUT2D eigenvalue weighted by molar-refractivity contribution is 7.91. The van der Waals surface area contributed by atoms with Crippen molar-refractivity contribution in [2.24, 2.45) is 0 Å². The lowest BCUT2D eigenvalue weighted by molar-refractivity contribution is 0.579. The molecule has 0 saturated heterocycles. The maximum Gasteiger partial charge on any atom is 0.207 e. The molecule has 0 atom stereocenters. The maximum absolute atomic E-state index is 14.0. The summed E-state index contributed by atoms with van der Waals surface area (Å²) in [5, 5.41) is 2.28. The smallest absolute Gasteiger partial charge is 0.207 e. The van der Waals surface area contributed by atoms with Crippen molar-refractivity contribution in [2.45, 2.75) is 15.2 Å². The Morgan fingerprint density at radius 3 is 1.68 bits per heavy atom. The summed E-state index contributed by atoms with van der Waals surface area (Å²) in [5.74, 6) is 0. The van der Waals surface area contributed by atoms with Gasteiger partial charge in [0.2, 0.25) is 9.84 Å². The predicted octanol–water partition coefficient (Wildman–Crippen LogP) is 8.31. The molecule has 4 heteroatoms. The van der Waals surface area contributed by atoms with Crippen LogP contribution < -0.4 is 0 Å². The van der Waals surface area contributed by atoms with Gasteiger partial charge in [-0.1, -0.05) is 109 Å². The van der Waals surface area contributed by atoms with Crippen LogP contribution in [0, 0.1) is 0 Å². The Morgan fingerprint density at radius 2 is 1.00 bits per heavy atom. The van der Waals surface area contributed by atoms with Crippen LogP contribution in [-0.2, 0) is 15.3 Å². The Hall–Kier alpha value is -4.93. The molecule has 41 heavy (non-hydrogen) atoms. The Balaban J connectivity index is 1.55. The monoisotopic (exact) mass is 547 g/mol. The zero-order chi connectivity index (χ0) is 27.6. The minimum atomic E-state index is -3.70. The van der Waals surface area contributed by atoms with Crippen LogP contribution in [0.4, 0.5) is 0 Å². The van der Waals surface area contributed by atoms with Crippen molar-refractivity contribution in [1.29, 1.82) is 0 Å². The van der Waals surface area contributed by atoms with E-state index in [1.807, 2.05) is 60.7 Å². The Bertz CT molecular complexity index is 2160. The van der Waals surface area contributed by atoms with E-state index in [9.17, 15) is 8.42 Å². The second kappa shape index (κ2) is 8.79. The molecule has 6 aromatic carbocycles. The SMILES string of the molecule is O=S1(=O)c2ccccc2C(c2ccccc2)(c2ccc3c(c2)c2ccccc2n3-c2ccccc2)c2ccccc21. The van der Waals surface area contributed by atoms with E-state index in [0.29, 0.717) is 9.79 Å². The minimum Gasteiger partial charge on any atom is -0.309 e. The van der Waals surface area contributed by atoms with E-state index in [1.165, 1.54) is 0 Å². The van der Waals surface area contributed by atoms with Gasteiger partial charge in [0.05, 0.1) is 26.2 Å². The molecular weight excluding hydrogens is 522 g/mol. The van der Waals surface area contributed by atoms with Crippen LogP contribution in [0.3, 0.4) is 0 Å². The molecule has 0 unspecified atom stereocenters. The van der Waals surface area contributed by atoms with Gasteiger partial charge in [-0.05, 0) is 64.7 Å². The molecule has 0 aliphatic carbocycles. The number of aromatic nitrogens is 1. The normalized spacial score (nSPS) is 14.9. The van der Waals surface area contributed by atoms with Gasteiger partial charge < -0.3 is 4.57 Å². The van der Waals surface area contributed by atoms with Gasteiger partial charge in [-0.2, -0.15) is 0 Å². The van der Waals surface area contributed by atoms with Crippen molar-refractivity contribution in [3.63, 3.8) is 0 Å². The third kappa shape index (κ3) is 3.22. The lowest BCUT2D eigenvalue weighted by atomic mass is 9.64. The molecule has 1 aliphatic rings. The number of hydrogen-bond acceptors (Lipinski definition) is 2. The number of fused-ring (bicyclic) bond motifs is 5. The third-order valence-electron chi connectivity index (χ3n) is 8.49. The van der Waals surface area contributed by atoms with E-state index in [0.717, 1.165) is 49.7 Å². The average molecular weight is 548 g/mol. The maximum atomic E-state index is 14.0. The van der Waals surface area contributed by atoms with Crippen molar-refractivity contribution in [3.05, 3.63) is 174 Å². The molecule has 1 aromatic heterocycles. The van der Waals surface area contributed by atoms with Crippen LogP contribution >= 0.6 is 0 Å². The highest BCUT2D eigenvalue weighted by Gasteiger charge is 2.48. The van der Waals surface area contributed by atoms with E-state index in [-0.39, 0.29) is 0 Å². The Morgan fingerprint density at radius 1 is 0.463 bits per heavy atom. The summed E-state index contributed by atoms with van der Waals surface area (Å²) in [6.07, 6.45) is 0. The number of hydrogen-bond donors (Lipinski definition) is 0. The fourth-order valence-corrected chi connectivity index (χ4v) is 8.60. The molecular formula is C37H25NO2S. The largest absolute Gasteiger partial charge is 0.309 e. The second-order valence-corrected chi connectivity index (χ2v) is 12.4. The minimum absolute atomic E-state index is 0.356. The molecule has 0 fully saturated rings. The molecule has 0 spiro atoms. The van der Waals surface area contributed by atoms with Crippen molar-refractivity contribution < 1.29 is 8.42 Å². The zero-order valence-electron chi connectivity index (χ0n) is 22.1. The summed E-state index contributed by atoms with van der Waals surface area (Å²) in [5.41, 5.74) is 6.11. The summed E-state index contributed by atoms with van der Waals surface area (Å²) in [4.78, 5) is 0.712. The van der Waals surface area contributed by atoms with Crippen molar-refractivity contribution in [1.82, 2.24) is 4.57 Å². The zero-order valence-corrected chi connectivity index (χ0v) is 22.9. The fourth-order valence-electron chi connectivity index (χ4n) is 6.82. The van der Waals surface area contributed by atoms with Crippen LogP contribution in [0.25, 0.3) is 27.5 Å². The summed E-state index contributed by atoms with van der Waals surface area (Å²) in [6.45, 7) is 0. The molecule has 0 bridgehead atoms. The van der Waals surface area contributed by atoms with E-state index < -0.39 is 15.3 Å². The van der Waals surface area contributed by atoms with Crippen LogP contribution in [-0.4, -0.2) is 13.0 Å². The topological polar surface area (TPSA) is 39.1 Å². The van der Waals surface area contributed by atoms with E-state index in [4.69, 9.17) is 0 Å². The van der Waals surface area contributed by atoms with Crippen molar-refractivity contribution in [2.75, 3.05) is 0 Å². The van der Waals surface area contributed by atoms with Crippen LogP contribution in [0.2, 0.25) is 0 Å².